The van der Waals surface area contributed by atoms with Crippen molar-refractivity contribution in [2.45, 2.75) is 46.0 Å². The fraction of sp³-hybridized carbons (Fsp3) is 0.500. The Kier molecular flexibility index (Phi) is 4.58. The number of fused-ring (bicyclic) bond motifs is 1. The van der Waals surface area contributed by atoms with Crippen molar-refractivity contribution in [2.24, 2.45) is 0 Å². The van der Waals surface area contributed by atoms with Crippen molar-refractivity contribution in [2.75, 3.05) is 6.54 Å². The molecule has 0 spiro atoms. The van der Waals surface area contributed by atoms with Gasteiger partial charge in [-0.2, -0.15) is 5.10 Å². The van der Waals surface area contributed by atoms with Crippen LogP contribution in [0.5, 0.6) is 0 Å². The number of aryl methyl sites for hydroxylation is 2. The van der Waals surface area contributed by atoms with Gasteiger partial charge in [0.25, 0.3) is 5.56 Å². The van der Waals surface area contributed by atoms with Crippen LogP contribution in [0.4, 0.5) is 0 Å². The van der Waals surface area contributed by atoms with Gasteiger partial charge in [-0.3, -0.25) is 23.8 Å². The predicted octanol–water partition coefficient (Wildman–Crippen LogP) is -0.473. The molecule has 9 nitrogen and oxygen atoms in total. The quantitative estimate of drug-likeness (QED) is 0.779. The Bertz CT molecular complexity index is 908. The molecule has 9 heteroatoms. The zero-order valence-corrected chi connectivity index (χ0v) is 14.2. The fourth-order valence-corrected chi connectivity index (χ4v) is 2.88. The third-order valence-corrected chi connectivity index (χ3v) is 4.31. The predicted molar refractivity (Wildman–Crippen MR) is 89.0 cm³/mol. The Balaban J connectivity index is 1.79. The highest BCUT2D eigenvalue weighted by Crippen LogP contribution is 2.18. The van der Waals surface area contributed by atoms with E-state index in [1.165, 1.54) is 10.8 Å². The minimum atomic E-state index is -0.661. The molecular formula is C16H21N5O4. The molecule has 2 aromatic heterocycles. The van der Waals surface area contributed by atoms with Crippen LogP contribution in [-0.2, 0) is 24.4 Å². The number of nitrogens with zero attached hydrogens (tertiary/aromatic N) is 4. The van der Waals surface area contributed by atoms with E-state index < -0.39 is 17.4 Å². The lowest BCUT2D eigenvalue weighted by atomic mass is 10.2. The monoisotopic (exact) mass is 347 g/mol. The second-order valence-electron chi connectivity index (χ2n) is 6.33. The zero-order chi connectivity index (χ0) is 18.1. The molecule has 134 valence electrons. The number of aliphatic hydroxyl groups excluding tert-OH is 1. The van der Waals surface area contributed by atoms with Crippen molar-refractivity contribution < 1.29 is 9.90 Å². The lowest BCUT2D eigenvalue weighted by Crippen LogP contribution is -2.38. The summed E-state index contributed by atoms with van der Waals surface area (Å²) in [6, 6.07) is 1.80. The number of aromatic amines is 1. The van der Waals surface area contributed by atoms with Gasteiger partial charge in [-0.25, -0.2) is 4.79 Å². The Hall–Kier alpha value is -2.68. The van der Waals surface area contributed by atoms with Crippen LogP contribution in [0.2, 0.25) is 0 Å². The number of amides is 1. The van der Waals surface area contributed by atoms with Crippen LogP contribution in [0.25, 0.3) is 0 Å². The molecule has 1 aliphatic heterocycles. The molecular weight excluding hydrogens is 326 g/mol. The lowest BCUT2D eigenvalue weighted by Gasteiger charge is -2.20. The highest BCUT2D eigenvalue weighted by molar-refractivity contribution is 5.76. The van der Waals surface area contributed by atoms with Gasteiger partial charge in [0.1, 0.15) is 6.54 Å². The molecule has 0 saturated carbocycles. The van der Waals surface area contributed by atoms with E-state index in [-0.39, 0.29) is 12.5 Å². The van der Waals surface area contributed by atoms with Gasteiger partial charge in [-0.05, 0) is 26.3 Å². The number of hydrogen-bond donors (Lipinski definition) is 2. The van der Waals surface area contributed by atoms with Crippen LogP contribution < -0.4 is 11.2 Å². The first-order valence-electron chi connectivity index (χ1n) is 8.18. The van der Waals surface area contributed by atoms with Crippen molar-refractivity contribution >= 4 is 5.91 Å². The fourth-order valence-electron chi connectivity index (χ4n) is 2.88. The summed E-state index contributed by atoms with van der Waals surface area (Å²) in [6.45, 7) is 4.70. The summed E-state index contributed by atoms with van der Waals surface area (Å²) >= 11 is 0. The number of H-pyrrole nitrogens is 1. The Morgan fingerprint density at radius 1 is 1.40 bits per heavy atom. The number of carbonyl (C=O) groups excluding carboxylic acids is 1. The largest absolute Gasteiger partial charge is 0.387 e. The second-order valence-corrected chi connectivity index (χ2v) is 6.33. The molecule has 0 fully saturated rings. The minimum Gasteiger partial charge on any atom is -0.387 e. The van der Waals surface area contributed by atoms with Gasteiger partial charge in [0.15, 0.2) is 0 Å². The van der Waals surface area contributed by atoms with E-state index in [4.69, 9.17) is 0 Å². The van der Waals surface area contributed by atoms with E-state index in [1.54, 1.807) is 24.8 Å². The first-order valence-corrected chi connectivity index (χ1v) is 8.18. The van der Waals surface area contributed by atoms with Crippen LogP contribution in [-0.4, -0.2) is 41.8 Å². The molecule has 2 aromatic rings. The lowest BCUT2D eigenvalue weighted by molar-refractivity contribution is -0.132. The average molecular weight is 347 g/mol. The van der Waals surface area contributed by atoms with Crippen molar-refractivity contribution in [3.05, 3.63) is 50.1 Å². The van der Waals surface area contributed by atoms with Crippen molar-refractivity contribution in [3.63, 3.8) is 0 Å². The molecule has 0 aromatic carbocycles. The summed E-state index contributed by atoms with van der Waals surface area (Å²) in [5.41, 5.74) is 0.768. The van der Waals surface area contributed by atoms with E-state index >= 15 is 0 Å². The van der Waals surface area contributed by atoms with Crippen LogP contribution >= 0.6 is 0 Å². The van der Waals surface area contributed by atoms with Gasteiger partial charge in [-0.15, -0.1) is 0 Å². The van der Waals surface area contributed by atoms with Crippen LogP contribution in [0.1, 0.15) is 36.4 Å². The molecule has 0 saturated heterocycles. The average Bonchev–Trinajstić information content (AvgIpc) is 2.84. The maximum absolute atomic E-state index is 12.6. The summed E-state index contributed by atoms with van der Waals surface area (Å²) in [5.74, 6) is -0.207. The van der Waals surface area contributed by atoms with Gasteiger partial charge in [0.05, 0.1) is 24.0 Å². The summed E-state index contributed by atoms with van der Waals surface area (Å²) < 4.78 is 3.02. The molecule has 2 N–H and O–H groups in total. The van der Waals surface area contributed by atoms with Crippen molar-refractivity contribution in [1.82, 2.24) is 24.2 Å². The Morgan fingerprint density at radius 3 is 2.88 bits per heavy atom. The number of aliphatic hydroxyl groups is 1. The van der Waals surface area contributed by atoms with Gasteiger partial charge in [-0.1, -0.05) is 0 Å². The summed E-state index contributed by atoms with van der Waals surface area (Å²) in [7, 11) is 0. The third kappa shape index (κ3) is 3.55. The molecule has 3 heterocycles. The van der Waals surface area contributed by atoms with E-state index in [1.807, 2.05) is 4.68 Å². The maximum Gasteiger partial charge on any atom is 0.328 e. The zero-order valence-electron chi connectivity index (χ0n) is 14.2. The van der Waals surface area contributed by atoms with E-state index in [9.17, 15) is 19.5 Å². The minimum absolute atomic E-state index is 0.131. The summed E-state index contributed by atoms with van der Waals surface area (Å²) in [5, 5.41) is 14.0. The smallest absolute Gasteiger partial charge is 0.328 e. The molecule has 0 radical (unpaired) electrons. The molecule has 0 bridgehead atoms. The van der Waals surface area contributed by atoms with Gasteiger partial charge < -0.3 is 10.0 Å². The highest BCUT2D eigenvalue weighted by atomic mass is 16.3. The van der Waals surface area contributed by atoms with Crippen molar-refractivity contribution in [3.8, 4) is 0 Å². The summed E-state index contributed by atoms with van der Waals surface area (Å²) in [6.07, 6.45) is 1.47. The Labute approximate surface area is 143 Å². The SMILES string of the molecule is Cc1cn(CC(=O)N2CCCn3nc([C@@H](C)O)cc3C2)c(=O)[nH]c1=O. The highest BCUT2D eigenvalue weighted by Gasteiger charge is 2.22. The molecule has 1 aliphatic rings. The number of aromatic nitrogens is 4. The molecule has 3 rings (SSSR count). The molecule has 0 aliphatic carbocycles. The molecule has 1 atom stereocenters. The van der Waals surface area contributed by atoms with Crippen molar-refractivity contribution in [1.29, 1.82) is 0 Å². The molecule has 25 heavy (non-hydrogen) atoms. The van der Waals surface area contributed by atoms with E-state index in [0.29, 0.717) is 30.9 Å². The van der Waals surface area contributed by atoms with Gasteiger partial charge >= 0.3 is 5.69 Å². The van der Waals surface area contributed by atoms with Gasteiger partial charge in [0.2, 0.25) is 5.91 Å². The van der Waals surface area contributed by atoms with Crippen LogP contribution in [0.15, 0.2) is 21.9 Å². The summed E-state index contributed by atoms with van der Waals surface area (Å²) in [4.78, 5) is 39.8. The molecule has 1 amide bonds. The van der Waals surface area contributed by atoms with Gasteiger partial charge in [0, 0.05) is 24.8 Å². The van der Waals surface area contributed by atoms with E-state index in [2.05, 4.69) is 10.1 Å². The molecule has 0 unspecified atom stereocenters. The topological polar surface area (TPSA) is 113 Å². The normalized spacial score (nSPS) is 15.6. The number of carbonyl (C=O) groups is 1. The van der Waals surface area contributed by atoms with Crippen LogP contribution in [0.3, 0.4) is 0 Å². The first-order chi connectivity index (χ1) is 11.8. The first kappa shape index (κ1) is 17.2. The maximum atomic E-state index is 12.6. The Morgan fingerprint density at radius 2 is 2.16 bits per heavy atom. The second kappa shape index (κ2) is 6.67. The van der Waals surface area contributed by atoms with Crippen LogP contribution in [0, 0.1) is 6.92 Å². The number of hydrogen-bond acceptors (Lipinski definition) is 5. The third-order valence-electron chi connectivity index (χ3n) is 4.31. The number of nitrogens with one attached hydrogen (secondary N) is 1. The standard InChI is InChI=1S/C16H21N5O4/c1-10-7-20(16(25)17-15(10)24)9-14(23)19-4-3-5-21-12(8-19)6-13(18-21)11(2)22/h6-7,11,22H,3-5,8-9H2,1-2H3,(H,17,24,25)/t11-/m1/s1. The number of rotatable bonds is 3. The van der Waals surface area contributed by atoms with E-state index in [0.717, 1.165) is 12.1 Å².